The summed E-state index contributed by atoms with van der Waals surface area (Å²) in [6.07, 6.45) is 7.38. The predicted octanol–water partition coefficient (Wildman–Crippen LogP) is 4.40. The zero-order valence-electron chi connectivity index (χ0n) is 15.7. The van der Waals surface area contributed by atoms with E-state index in [4.69, 9.17) is 4.74 Å². The van der Waals surface area contributed by atoms with Gasteiger partial charge < -0.3 is 9.30 Å². The third-order valence-corrected chi connectivity index (χ3v) is 5.89. The number of pyridine rings is 1. The highest BCUT2D eigenvalue weighted by Crippen LogP contribution is 2.28. The molecule has 0 radical (unpaired) electrons. The maximum Gasteiger partial charge on any atom is 0.212 e. The van der Waals surface area contributed by atoms with Crippen molar-refractivity contribution in [1.82, 2.24) is 19.3 Å². The lowest BCUT2D eigenvalue weighted by Gasteiger charge is -2.16. The van der Waals surface area contributed by atoms with E-state index in [1.54, 1.807) is 16.9 Å². The van der Waals surface area contributed by atoms with Crippen LogP contribution in [0.4, 0.5) is 4.39 Å². The SMILES string of the molecule is Cn1cc(-c2cc(-c3ccc(F)nc3)cn2COCC[Si](C)(C)C)cn1. The molecule has 7 heteroatoms. The Labute approximate surface area is 154 Å². The van der Waals surface area contributed by atoms with Gasteiger partial charge in [0.1, 0.15) is 6.73 Å². The molecule has 26 heavy (non-hydrogen) atoms. The summed E-state index contributed by atoms with van der Waals surface area (Å²) in [7, 11) is 0.781. The van der Waals surface area contributed by atoms with E-state index >= 15 is 0 Å². The standard InChI is InChI=1S/C19H25FN4OSi/c1-23-12-17(11-22-23)18-9-16(15-5-6-19(20)21-10-15)13-24(18)14-25-7-8-26(2,3)4/h5-6,9-13H,7-8,14H2,1-4H3. The lowest BCUT2D eigenvalue weighted by atomic mass is 10.1. The van der Waals surface area contributed by atoms with Gasteiger partial charge in [-0.3, -0.25) is 4.68 Å². The summed E-state index contributed by atoms with van der Waals surface area (Å²) in [6.45, 7) is 8.25. The van der Waals surface area contributed by atoms with E-state index in [0.29, 0.717) is 6.73 Å². The molecule has 0 aliphatic rings. The number of halogens is 1. The fourth-order valence-corrected chi connectivity index (χ4v) is 3.42. The summed E-state index contributed by atoms with van der Waals surface area (Å²) in [5.74, 6) is -0.477. The number of aromatic nitrogens is 4. The van der Waals surface area contributed by atoms with E-state index in [0.717, 1.165) is 35.0 Å². The first kappa shape index (κ1) is 18.5. The topological polar surface area (TPSA) is 44.9 Å². The predicted molar refractivity (Wildman–Crippen MR) is 104 cm³/mol. The van der Waals surface area contributed by atoms with Crippen LogP contribution < -0.4 is 0 Å². The maximum atomic E-state index is 13.1. The monoisotopic (exact) mass is 372 g/mol. The van der Waals surface area contributed by atoms with Gasteiger partial charge in [0.15, 0.2) is 0 Å². The fourth-order valence-electron chi connectivity index (χ4n) is 2.66. The number of nitrogens with zero attached hydrogens (tertiary/aromatic N) is 4. The van der Waals surface area contributed by atoms with Crippen molar-refractivity contribution in [3.63, 3.8) is 0 Å². The van der Waals surface area contributed by atoms with Crippen molar-refractivity contribution < 1.29 is 9.13 Å². The average Bonchev–Trinajstić information content (AvgIpc) is 3.17. The van der Waals surface area contributed by atoms with Crippen LogP contribution in [0.3, 0.4) is 0 Å². The Morgan fingerprint density at radius 1 is 1.08 bits per heavy atom. The van der Waals surface area contributed by atoms with Gasteiger partial charge in [-0.1, -0.05) is 19.6 Å². The van der Waals surface area contributed by atoms with E-state index < -0.39 is 14.0 Å². The van der Waals surface area contributed by atoms with Crippen LogP contribution in [-0.2, 0) is 18.5 Å². The molecule has 0 fully saturated rings. The summed E-state index contributed by atoms with van der Waals surface area (Å²) >= 11 is 0. The van der Waals surface area contributed by atoms with Gasteiger partial charge in [-0.25, -0.2) is 4.98 Å². The smallest absolute Gasteiger partial charge is 0.212 e. The quantitative estimate of drug-likeness (QED) is 0.351. The molecule has 5 nitrogen and oxygen atoms in total. The van der Waals surface area contributed by atoms with Gasteiger partial charge >= 0.3 is 0 Å². The first-order valence-corrected chi connectivity index (χ1v) is 12.4. The molecule has 0 aliphatic heterocycles. The van der Waals surface area contributed by atoms with Crippen LogP contribution in [-0.4, -0.2) is 34.0 Å². The first-order chi connectivity index (χ1) is 12.3. The largest absolute Gasteiger partial charge is 0.361 e. The Bertz CT molecular complexity index is 865. The Morgan fingerprint density at radius 3 is 2.50 bits per heavy atom. The molecule has 3 heterocycles. The van der Waals surface area contributed by atoms with Gasteiger partial charge in [0, 0.05) is 57.0 Å². The number of rotatable bonds is 7. The molecular weight excluding hydrogens is 347 g/mol. The molecule has 0 saturated carbocycles. The minimum Gasteiger partial charge on any atom is -0.361 e. The van der Waals surface area contributed by atoms with E-state index in [9.17, 15) is 4.39 Å². The van der Waals surface area contributed by atoms with Crippen molar-refractivity contribution in [3.8, 4) is 22.4 Å². The van der Waals surface area contributed by atoms with Gasteiger partial charge in [0.25, 0.3) is 0 Å². The maximum absolute atomic E-state index is 13.1. The van der Waals surface area contributed by atoms with Crippen LogP contribution in [0.2, 0.25) is 25.7 Å². The molecular formula is C19H25FN4OSi. The molecule has 138 valence electrons. The first-order valence-electron chi connectivity index (χ1n) is 8.71. The molecule has 0 spiro atoms. The Kier molecular flexibility index (Phi) is 5.38. The zero-order chi connectivity index (χ0) is 18.7. The van der Waals surface area contributed by atoms with Gasteiger partial charge in [-0.05, 0) is 24.2 Å². The van der Waals surface area contributed by atoms with Crippen molar-refractivity contribution in [2.75, 3.05) is 6.61 Å². The molecule has 3 rings (SSSR count). The highest BCUT2D eigenvalue weighted by Gasteiger charge is 2.14. The molecule has 0 unspecified atom stereocenters. The molecule has 0 atom stereocenters. The number of aryl methyl sites for hydroxylation is 1. The van der Waals surface area contributed by atoms with E-state index in [1.807, 2.05) is 25.6 Å². The van der Waals surface area contributed by atoms with Gasteiger partial charge in [-0.2, -0.15) is 9.49 Å². The van der Waals surface area contributed by atoms with Gasteiger partial charge in [0.2, 0.25) is 5.95 Å². The van der Waals surface area contributed by atoms with Crippen molar-refractivity contribution in [3.05, 3.63) is 48.9 Å². The molecule has 0 amide bonds. The van der Waals surface area contributed by atoms with E-state index in [2.05, 4.69) is 40.4 Å². The highest BCUT2D eigenvalue weighted by molar-refractivity contribution is 6.76. The Hall–Kier alpha value is -2.25. The van der Waals surface area contributed by atoms with Crippen LogP contribution in [0.5, 0.6) is 0 Å². The van der Waals surface area contributed by atoms with Crippen LogP contribution in [0.25, 0.3) is 22.4 Å². The average molecular weight is 373 g/mol. The molecule has 0 N–H and O–H groups in total. The Balaban J connectivity index is 1.84. The van der Waals surface area contributed by atoms with Crippen molar-refractivity contribution in [1.29, 1.82) is 0 Å². The van der Waals surface area contributed by atoms with Gasteiger partial charge in [-0.15, -0.1) is 0 Å². The van der Waals surface area contributed by atoms with E-state index in [-0.39, 0.29) is 0 Å². The van der Waals surface area contributed by atoms with Crippen LogP contribution in [0.15, 0.2) is 43.0 Å². The zero-order valence-corrected chi connectivity index (χ0v) is 16.7. The fraction of sp³-hybridized carbons (Fsp3) is 0.368. The van der Waals surface area contributed by atoms with Crippen molar-refractivity contribution >= 4 is 8.07 Å². The Morgan fingerprint density at radius 2 is 1.88 bits per heavy atom. The second-order valence-electron chi connectivity index (χ2n) is 7.70. The third-order valence-electron chi connectivity index (χ3n) is 4.18. The highest BCUT2D eigenvalue weighted by atomic mass is 28.3. The minimum atomic E-state index is -1.11. The van der Waals surface area contributed by atoms with Gasteiger partial charge in [0.05, 0.1) is 11.9 Å². The number of ether oxygens (including phenoxy) is 1. The molecule has 3 aromatic rings. The second kappa shape index (κ2) is 7.55. The number of hydrogen-bond donors (Lipinski definition) is 0. The summed E-state index contributed by atoms with van der Waals surface area (Å²) in [6, 6.07) is 6.31. The van der Waals surface area contributed by atoms with E-state index in [1.165, 1.54) is 6.07 Å². The van der Waals surface area contributed by atoms with Crippen LogP contribution in [0, 0.1) is 5.95 Å². The third kappa shape index (κ3) is 4.67. The molecule has 3 aromatic heterocycles. The molecule has 0 aromatic carbocycles. The summed E-state index contributed by atoms with van der Waals surface area (Å²) < 4.78 is 22.9. The minimum absolute atomic E-state index is 0.476. The summed E-state index contributed by atoms with van der Waals surface area (Å²) in [5, 5.41) is 4.26. The lowest BCUT2D eigenvalue weighted by Crippen LogP contribution is -2.22. The van der Waals surface area contributed by atoms with Crippen LogP contribution >= 0.6 is 0 Å². The lowest BCUT2D eigenvalue weighted by molar-refractivity contribution is 0.0886. The van der Waals surface area contributed by atoms with Crippen molar-refractivity contribution in [2.24, 2.45) is 7.05 Å². The van der Waals surface area contributed by atoms with Crippen LogP contribution in [0.1, 0.15) is 0 Å². The van der Waals surface area contributed by atoms with Crippen molar-refractivity contribution in [2.45, 2.75) is 32.4 Å². The summed E-state index contributed by atoms with van der Waals surface area (Å²) in [5.41, 5.74) is 3.88. The second-order valence-corrected chi connectivity index (χ2v) is 13.3. The molecule has 0 bridgehead atoms. The molecule has 0 aliphatic carbocycles. The molecule has 0 saturated heterocycles. The number of hydrogen-bond acceptors (Lipinski definition) is 3. The normalized spacial score (nSPS) is 11.9. The summed E-state index contributed by atoms with van der Waals surface area (Å²) in [4.78, 5) is 3.75.